The van der Waals surface area contributed by atoms with Crippen LogP contribution in [0, 0.1) is 0 Å². The summed E-state index contributed by atoms with van der Waals surface area (Å²) in [7, 11) is 0. The van der Waals surface area contributed by atoms with Crippen LogP contribution in [0.15, 0.2) is 12.7 Å². The number of carbonyl (C=O) groups excluding carboxylic acids is 2. The molecule has 13 heavy (non-hydrogen) atoms. The SMILES string of the molecule is C=CC(=O)OC(C)=O.CC(O)CO. The monoisotopic (exact) mass is 190 g/mol. The summed E-state index contributed by atoms with van der Waals surface area (Å²) in [5.74, 6) is -1.33. The Labute approximate surface area is 76.6 Å². The summed E-state index contributed by atoms with van der Waals surface area (Å²) >= 11 is 0. The number of rotatable bonds is 2. The van der Waals surface area contributed by atoms with Gasteiger partial charge in [-0.25, -0.2) is 4.79 Å². The van der Waals surface area contributed by atoms with Gasteiger partial charge in [0.2, 0.25) is 0 Å². The summed E-state index contributed by atoms with van der Waals surface area (Å²) in [6.07, 6.45) is 0.372. The van der Waals surface area contributed by atoms with Crippen LogP contribution in [0.4, 0.5) is 0 Å². The van der Waals surface area contributed by atoms with Gasteiger partial charge in [0.1, 0.15) is 0 Å². The molecule has 0 saturated carbocycles. The average Bonchev–Trinajstić information content (AvgIpc) is 2.04. The Morgan fingerprint density at radius 1 is 1.62 bits per heavy atom. The lowest BCUT2D eigenvalue weighted by atomic mass is 10.5. The summed E-state index contributed by atoms with van der Waals surface area (Å²) in [6.45, 7) is 5.63. The molecule has 0 rings (SSSR count). The van der Waals surface area contributed by atoms with Crippen molar-refractivity contribution in [2.45, 2.75) is 20.0 Å². The summed E-state index contributed by atoms with van der Waals surface area (Å²) in [4.78, 5) is 20.0. The molecular weight excluding hydrogens is 176 g/mol. The Hall–Kier alpha value is -1.20. The van der Waals surface area contributed by atoms with E-state index in [0.29, 0.717) is 0 Å². The molecule has 1 unspecified atom stereocenters. The molecule has 0 fully saturated rings. The molecule has 0 aromatic heterocycles. The summed E-state index contributed by atoms with van der Waals surface area (Å²) < 4.78 is 4.00. The van der Waals surface area contributed by atoms with E-state index in [1.54, 1.807) is 0 Å². The van der Waals surface area contributed by atoms with E-state index in [2.05, 4.69) is 11.3 Å². The van der Waals surface area contributed by atoms with Gasteiger partial charge in [0.05, 0.1) is 12.7 Å². The molecule has 0 spiro atoms. The largest absolute Gasteiger partial charge is 0.394 e. The summed E-state index contributed by atoms with van der Waals surface area (Å²) in [5.41, 5.74) is 0. The van der Waals surface area contributed by atoms with E-state index in [-0.39, 0.29) is 6.61 Å². The van der Waals surface area contributed by atoms with Gasteiger partial charge >= 0.3 is 11.9 Å². The number of aliphatic hydroxyl groups excluding tert-OH is 2. The quantitative estimate of drug-likeness (QED) is 0.352. The minimum atomic E-state index is -0.711. The van der Waals surface area contributed by atoms with E-state index in [1.165, 1.54) is 6.92 Å². The molecule has 1 atom stereocenters. The Morgan fingerprint density at radius 3 is 2.08 bits per heavy atom. The number of hydrogen-bond donors (Lipinski definition) is 2. The van der Waals surface area contributed by atoms with Crippen LogP contribution in [0.1, 0.15) is 13.8 Å². The first-order valence-electron chi connectivity index (χ1n) is 3.57. The molecule has 0 radical (unpaired) electrons. The Kier molecular flexibility index (Phi) is 9.80. The molecule has 0 aliphatic rings. The number of hydrogen-bond acceptors (Lipinski definition) is 5. The van der Waals surface area contributed by atoms with Crippen molar-refractivity contribution in [1.82, 2.24) is 0 Å². The fraction of sp³-hybridized carbons (Fsp3) is 0.500. The van der Waals surface area contributed by atoms with E-state index in [1.807, 2.05) is 0 Å². The van der Waals surface area contributed by atoms with Crippen LogP contribution in [0.2, 0.25) is 0 Å². The number of ether oxygens (including phenoxy) is 1. The predicted octanol–water partition coefficient (Wildman–Crippen LogP) is -0.378. The highest BCUT2D eigenvalue weighted by molar-refractivity contribution is 5.90. The lowest BCUT2D eigenvalue weighted by Crippen LogP contribution is -2.04. The van der Waals surface area contributed by atoms with Crippen molar-refractivity contribution in [2.24, 2.45) is 0 Å². The third-order valence-electron chi connectivity index (χ3n) is 0.675. The first kappa shape index (κ1) is 14.3. The lowest BCUT2D eigenvalue weighted by molar-refractivity contribution is -0.154. The molecule has 0 aliphatic heterocycles. The van der Waals surface area contributed by atoms with Crippen LogP contribution in [0.3, 0.4) is 0 Å². The first-order valence-corrected chi connectivity index (χ1v) is 3.57. The van der Waals surface area contributed by atoms with Crippen LogP contribution >= 0.6 is 0 Å². The van der Waals surface area contributed by atoms with Gasteiger partial charge < -0.3 is 14.9 Å². The van der Waals surface area contributed by atoms with Crippen LogP contribution in [-0.2, 0) is 14.3 Å². The van der Waals surface area contributed by atoms with Crippen molar-refractivity contribution >= 4 is 11.9 Å². The summed E-state index contributed by atoms with van der Waals surface area (Å²) in [5, 5.41) is 16.0. The fourth-order valence-corrected chi connectivity index (χ4v) is 0.183. The maximum absolute atomic E-state index is 10.1. The standard InChI is InChI=1S/C5H6O3.C3H8O2/c1-3-5(7)8-4(2)6;1-3(5)2-4/h3H,1H2,2H3;3-5H,2H2,1H3. The lowest BCUT2D eigenvalue weighted by Gasteiger charge is -1.90. The van der Waals surface area contributed by atoms with Crippen molar-refractivity contribution in [3.63, 3.8) is 0 Å². The Morgan fingerprint density at radius 2 is 2.00 bits per heavy atom. The summed E-state index contributed by atoms with van der Waals surface area (Å²) in [6, 6.07) is 0. The van der Waals surface area contributed by atoms with E-state index in [0.717, 1.165) is 13.0 Å². The van der Waals surface area contributed by atoms with Crippen LogP contribution in [0.5, 0.6) is 0 Å². The highest BCUT2D eigenvalue weighted by Gasteiger charge is 1.96. The third kappa shape index (κ3) is 18.1. The van der Waals surface area contributed by atoms with Crippen molar-refractivity contribution in [3.05, 3.63) is 12.7 Å². The molecule has 0 aliphatic carbocycles. The molecule has 0 heterocycles. The molecule has 2 N–H and O–H groups in total. The van der Waals surface area contributed by atoms with Crippen molar-refractivity contribution in [3.8, 4) is 0 Å². The van der Waals surface area contributed by atoms with E-state index < -0.39 is 18.0 Å². The fourth-order valence-electron chi connectivity index (χ4n) is 0.183. The average molecular weight is 190 g/mol. The van der Waals surface area contributed by atoms with Crippen molar-refractivity contribution < 1.29 is 24.5 Å². The minimum absolute atomic E-state index is 0.139. The van der Waals surface area contributed by atoms with Gasteiger partial charge in [0.15, 0.2) is 0 Å². The Balaban J connectivity index is 0. The maximum Gasteiger partial charge on any atom is 0.337 e. The zero-order valence-electron chi connectivity index (χ0n) is 7.69. The van der Waals surface area contributed by atoms with Crippen LogP contribution < -0.4 is 0 Å². The molecule has 0 amide bonds. The Bertz CT molecular complexity index is 173. The zero-order valence-corrected chi connectivity index (χ0v) is 7.69. The van der Waals surface area contributed by atoms with Crippen LogP contribution in [0.25, 0.3) is 0 Å². The molecule has 0 bridgehead atoms. The van der Waals surface area contributed by atoms with Crippen molar-refractivity contribution in [2.75, 3.05) is 6.61 Å². The second-order valence-corrected chi connectivity index (χ2v) is 2.15. The third-order valence-corrected chi connectivity index (χ3v) is 0.675. The normalized spacial score (nSPS) is 10.5. The van der Waals surface area contributed by atoms with E-state index >= 15 is 0 Å². The molecule has 0 saturated heterocycles. The van der Waals surface area contributed by atoms with Gasteiger partial charge in [-0.15, -0.1) is 0 Å². The second-order valence-electron chi connectivity index (χ2n) is 2.15. The van der Waals surface area contributed by atoms with Gasteiger partial charge in [0, 0.05) is 13.0 Å². The minimum Gasteiger partial charge on any atom is -0.394 e. The highest BCUT2D eigenvalue weighted by Crippen LogP contribution is 1.77. The van der Waals surface area contributed by atoms with Crippen LogP contribution in [-0.4, -0.2) is 34.9 Å². The topological polar surface area (TPSA) is 83.8 Å². The number of aliphatic hydroxyl groups is 2. The second kappa shape index (κ2) is 8.89. The molecular formula is C8H14O5. The van der Waals surface area contributed by atoms with Gasteiger partial charge in [-0.3, -0.25) is 4.79 Å². The smallest absolute Gasteiger partial charge is 0.337 e. The molecule has 5 nitrogen and oxygen atoms in total. The van der Waals surface area contributed by atoms with Crippen molar-refractivity contribution in [1.29, 1.82) is 0 Å². The molecule has 0 aromatic carbocycles. The van der Waals surface area contributed by atoms with Gasteiger partial charge in [0.25, 0.3) is 0 Å². The van der Waals surface area contributed by atoms with E-state index in [9.17, 15) is 9.59 Å². The number of esters is 2. The van der Waals surface area contributed by atoms with E-state index in [4.69, 9.17) is 10.2 Å². The molecule has 0 aromatic rings. The zero-order chi connectivity index (χ0) is 10.9. The van der Waals surface area contributed by atoms with Gasteiger partial charge in [-0.2, -0.15) is 0 Å². The first-order chi connectivity index (χ1) is 5.93. The number of carbonyl (C=O) groups is 2. The molecule has 5 heteroatoms. The molecule has 76 valence electrons. The maximum atomic E-state index is 10.1. The predicted molar refractivity (Wildman–Crippen MR) is 45.7 cm³/mol. The highest BCUT2D eigenvalue weighted by atomic mass is 16.6. The van der Waals surface area contributed by atoms with Gasteiger partial charge in [-0.1, -0.05) is 6.58 Å². The van der Waals surface area contributed by atoms with Gasteiger partial charge in [-0.05, 0) is 6.92 Å².